The van der Waals surface area contributed by atoms with Crippen LogP contribution < -0.4 is 0 Å². The number of nitrogens with one attached hydrogen (secondary N) is 1. The van der Waals surface area contributed by atoms with Gasteiger partial charge in [0, 0.05) is 23.9 Å². The lowest BCUT2D eigenvalue weighted by atomic mass is 9.96. The number of aliphatic carboxylic acids is 1. The van der Waals surface area contributed by atoms with Gasteiger partial charge in [-0.1, -0.05) is 18.2 Å². The minimum absolute atomic E-state index is 0.157. The highest BCUT2D eigenvalue weighted by Gasteiger charge is 2.21. The molecule has 0 spiro atoms. The Morgan fingerprint density at radius 3 is 2.67 bits per heavy atom. The van der Waals surface area contributed by atoms with Gasteiger partial charge in [-0.3, -0.25) is 4.79 Å². The van der Waals surface area contributed by atoms with Crippen LogP contribution in [0.3, 0.4) is 0 Å². The Kier molecular flexibility index (Phi) is 4.93. The molecular formula is C23H14F2N2O3. The first-order valence-electron chi connectivity index (χ1n) is 8.91. The van der Waals surface area contributed by atoms with Crippen molar-refractivity contribution in [3.05, 3.63) is 95.3 Å². The number of carboxylic acid groups (broad SMARTS) is 1. The highest BCUT2D eigenvalue weighted by atomic mass is 19.1. The molecule has 0 radical (unpaired) electrons. The largest absolute Gasteiger partial charge is 0.478 e. The van der Waals surface area contributed by atoms with E-state index < -0.39 is 23.4 Å². The highest BCUT2D eigenvalue weighted by molar-refractivity contribution is 6.18. The van der Waals surface area contributed by atoms with Gasteiger partial charge in [-0.05, 0) is 53.1 Å². The molecule has 2 aromatic carbocycles. The molecule has 7 heteroatoms. The number of H-pyrrole nitrogens is 1. The summed E-state index contributed by atoms with van der Waals surface area (Å²) >= 11 is 0. The van der Waals surface area contributed by atoms with Crippen LogP contribution in [-0.4, -0.2) is 26.8 Å². The molecule has 0 amide bonds. The van der Waals surface area contributed by atoms with E-state index in [1.165, 1.54) is 12.3 Å². The molecule has 2 heterocycles. The quantitative estimate of drug-likeness (QED) is 0.368. The van der Waals surface area contributed by atoms with Crippen molar-refractivity contribution in [2.24, 2.45) is 0 Å². The molecule has 4 aromatic rings. The summed E-state index contributed by atoms with van der Waals surface area (Å²) in [4.78, 5) is 30.9. The van der Waals surface area contributed by atoms with E-state index in [1.54, 1.807) is 36.5 Å². The summed E-state index contributed by atoms with van der Waals surface area (Å²) in [6.45, 7) is 0. The molecule has 148 valence electrons. The van der Waals surface area contributed by atoms with E-state index in [4.69, 9.17) is 5.11 Å². The topological polar surface area (TPSA) is 83.0 Å². The van der Waals surface area contributed by atoms with E-state index in [0.29, 0.717) is 27.7 Å². The normalized spacial score (nSPS) is 11.3. The Hall–Kier alpha value is -4.13. The number of aromatic nitrogens is 2. The first-order valence-corrected chi connectivity index (χ1v) is 8.91. The monoisotopic (exact) mass is 404 g/mol. The number of carboxylic acids is 1. The van der Waals surface area contributed by atoms with Gasteiger partial charge in [0.2, 0.25) is 0 Å². The predicted molar refractivity (Wildman–Crippen MR) is 108 cm³/mol. The maximum atomic E-state index is 14.2. The van der Waals surface area contributed by atoms with Gasteiger partial charge < -0.3 is 10.1 Å². The summed E-state index contributed by atoms with van der Waals surface area (Å²) in [6.07, 6.45) is 5.46. The zero-order valence-corrected chi connectivity index (χ0v) is 15.4. The number of benzene rings is 2. The van der Waals surface area contributed by atoms with E-state index in [1.807, 2.05) is 0 Å². The Bertz CT molecular complexity index is 1330. The fourth-order valence-corrected chi connectivity index (χ4v) is 3.27. The molecule has 2 N–H and O–H groups in total. The predicted octanol–water partition coefficient (Wildman–Crippen LogP) is 4.84. The molecule has 0 saturated carbocycles. The fraction of sp³-hybridized carbons (Fsp3) is 0. The van der Waals surface area contributed by atoms with Crippen molar-refractivity contribution in [3.63, 3.8) is 0 Å². The smallest absolute Gasteiger partial charge is 0.328 e. The lowest BCUT2D eigenvalue weighted by Crippen LogP contribution is -2.05. The molecule has 5 nitrogen and oxygen atoms in total. The van der Waals surface area contributed by atoms with Crippen LogP contribution in [0.5, 0.6) is 0 Å². The van der Waals surface area contributed by atoms with E-state index in [9.17, 15) is 18.4 Å². The number of nitrogens with zero attached hydrogens (tertiary/aromatic N) is 1. The van der Waals surface area contributed by atoms with Gasteiger partial charge in [0.05, 0.1) is 11.1 Å². The number of fused-ring (bicyclic) bond motifs is 1. The summed E-state index contributed by atoms with van der Waals surface area (Å²) in [5.74, 6) is -3.27. The molecule has 0 fully saturated rings. The lowest BCUT2D eigenvalue weighted by Gasteiger charge is -2.08. The van der Waals surface area contributed by atoms with Crippen LogP contribution >= 0.6 is 0 Å². The SMILES string of the molecule is O=C(O)C=Cc1cccc(-c2ccnc3[nH]cc(C(=O)c4cc(F)ccc4F)c23)c1. The molecule has 0 unspecified atom stereocenters. The first kappa shape index (κ1) is 19.2. The number of aromatic amines is 1. The van der Waals surface area contributed by atoms with Crippen LogP contribution in [0.2, 0.25) is 0 Å². The molecule has 0 atom stereocenters. The van der Waals surface area contributed by atoms with Gasteiger partial charge in [0.15, 0.2) is 5.78 Å². The number of carbonyl (C=O) groups is 2. The Morgan fingerprint density at radius 1 is 1.03 bits per heavy atom. The van der Waals surface area contributed by atoms with Crippen molar-refractivity contribution < 1.29 is 23.5 Å². The van der Waals surface area contributed by atoms with Crippen molar-refractivity contribution in [1.29, 1.82) is 0 Å². The van der Waals surface area contributed by atoms with Crippen LogP contribution in [0.1, 0.15) is 21.5 Å². The van der Waals surface area contributed by atoms with Gasteiger partial charge >= 0.3 is 5.97 Å². The molecule has 0 aliphatic heterocycles. The standard InChI is InChI=1S/C23H14F2N2O3/c24-15-5-6-19(25)17(11-15)22(30)18-12-27-23-21(18)16(8-9-26-23)14-3-1-2-13(10-14)4-7-20(28)29/h1-12H,(H,26,27)(H,28,29). The summed E-state index contributed by atoms with van der Waals surface area (Å²) in [6, 6.07) is 11.5. The maximum absolute atomic E-state index is 14.2. The van der Waals surface area contributed by atoms with Gasteiger partial charge in [0.25, 0.3) is 0 Å². The molecule has 0 aliphatic rings. The summed E-state index contributed by atoms with van der Waals surface area (Å²) in [7, 11) is 0. The molecule has 4 rings (SSSR count). The highest BCUT2D eigenvalue weighted by Crippen LogP contribution is 2.32. The maximum Gasteiger partial charge on any atom is 0.328 e. The van der Waals surface area contributed by atoms with Crippen molar-refractivity contribution in [2.75, 3.05) is 0 Å². The molecule has 0 aliphatic carbocycles. The van der Waals surface area contributed by atoms with E-state index in [2.05, 4.69) is 9.97 Å². The van der Waals surface area contributed by atoms with Crippen molar-refractivity contribution in [2.45, 2.75) is 0 Å². The third-order valence-electron chi connectivity index (χ3n) is 4.61. The Morgan fingerprint density at radius 2 is 1.87 bits per heavy atom. The Balaban J connectivity index is 1.87. The average molecular weight is 404 g/mol. The third-order valence-corrected chi connectivity index (χ3v) is 4.61. The van der Waals surface area contributed by atoms with Crippen LogP contribution in [0.25, 0.3) is 28.2 Å². The summed E-state index contributed by atoms with van der Waals surface area (Å²) in [5.41, 5.74) is 2.21. The number of halogens is 2. The fourth-order valence-electron chi connectivity index (χ4n) is 3.27. The third kappa shape index (κ3) is 3.60. The molecule has 0 saturated heterocycles. The number of carbonyl (C=O) groups excluding carboxylic acids is 1. The van der Waals surface area contributed by atoms with E-state index >= 15 is 0 Å². The zero-order chi connectivity index (χ0) is 21.3. The first-order chi connectivity index (χ1) is 14.4. The number of rotatable bonds is 5. The van der Waals surface area contributed by atoms with Crippen molar-refractivity contribution >= 4 is 28.9 Å². The minimum atomic E-state index is -1.07. The van der Waals surface area contributed by atoms with E-state index in [-0.39, 0.29) is 11.1 Å². The van der Waals surface area contributed by atoms with Gasteiger partial charge in [-0.2, -0.15) is 0 Å². The van der Waals surface area contributed by atoms with Crippen LogP contribution in [-0.2, 0) is 4.79 Å². The number of hydrogen-bond acceptors (Lipinski definition) is 3. The molecular weight excluding hydrogens is 390 g/mol. The number of hydrogen-bond donors (Lipinski definition) is 2. The van der Waals surface area contributed by atoms with Gasteiger partial charge in [-0.15, -0.1) is 0 Å². The Labute approximate surface area is 169 Å². The minimum Gasteiger partial charge on any atom is -0.478 e. The zero-order valence-electron chi connectivity index (χ0n) is 15.4. The summed E-state index contributed by atoms with van der Waals surface area (Å²) in [5, 5.41) is 9.29. The van der Waals surface area contributed by atoms with Crippen LogP contribution in [0.15, 0.2) is 67.0 Å². The van der Waals surface area contributed by atoms with Crippen molar-refractivity contribution in [3.8, 4) is 11.1 Å². The second-order valence-corrected chi connectivity index (χ2v) is 6.53. The van der Waals surface area contributed by atoms with Gasteiger partial charge in [0.1, 0.15) is 17.3 Å². The second-order valence-electron chi connectivity index (χ2n) is 6.53. The average Bonchev–Trinajstić information content (AvgIpc) is 3.18. The number of pyridine rings is 1. The second kappa shape index (κ2) is 7.71. The van der Waals surface area contributed by atoms with Crippen molar-refractivity contribution in [1.82, 2.24) is 9.97 Å². The lowest BCUT2D eigenvalue weighted by molar-refractivity contribution is -0.131. The molecule has 0 bridgehead atoms. The molecule has 2 aromatic heterocycles. The summed E-state index contributed by atoms with van der Waals surface area (Å²) < 4.78 is 27.8. The van der Waals surface area contributed by atoms with Crippen LogP contribution in [0, 0.1) is 11.6 Å². The molecule has 30 heavy (non-hydrogen) atoms. The van der Waals surface area contributed by atoms with Gasteiger partial charge in [-0.25, -0.2) is 18.6 Å². The number of ketones is 1. The van der Waals surface area contributed by atoms with Crippen LogP contribution in [0.4, 0.5) is 8.78 Å². The van der Waals surface area contributed by atoms with E-state index in [0.717, 1.165) is 24.3 Å².